The summed E-state index contributed by atoms with van der Waals surface area (Å²) < 4.78 is 24.8. The van der Waals surface area contributed by atoms with Crippen molar-refractivity contribution in [3.8, 4) is 5.75 Å². The summed E-state index contributed by atoms with van der Waals surface area (Å²) in [6, 6.07) is 4.35. The van der Waals surface area contributed by atoms with Crippen LogP contribution in [-0.2, 0) is 4.74 Å². The van der Waals surface area contributed by atoms with E-state index in [4.69, 9.17) is 20.9 Å². The van der Waals surface area contributed by atoms with Gasteiger partial charge in [0.1, 0.15) is 23.8 Å². The molecule has 0 aromatic heterocycles. The van der Waals surface area contributed by atoms with Gasteiger partial charge in [-0.3, -0.25) is 4.90 Å². The number of rotatable bonds is 5. The minimum Gasteiger partial charge on any atom is -0.489 e. The van der Waals surface area contributed by atoms with Gasteiger partial charge in [-0.05, 0) is 37.8 Å². The molecule has 0 unspecified atom stereocenters. The zero-order valence-corrected chi connectivity index (χ0v) is 14.4. The van der Waals surface area contributed by atoms with Crippen LogP contribution in [0.4, 0.5) is 10.1 Å². The number of guanidine groups is 2. The Bertz CT molecular complexity index is 686. The Labute approximate surface area is 146 Å². The molecular formula is C17H24FN5O2. The number of benzene rings is 1. The molecule has 8 heteroatoms. The lowest BCUT2D eigenvalue weighted by Gasteiger charge is -2.45. The highest BCUT2D eigenvalue weighted by atomic mass is 19.1. The van der Waals surface area contributed by atoms with Crippen molar-refractivity contribution in [3.63, 3.8) is 0 Å². The summed E-state index contributed by atoms with van der Waals surface area (Å²) in [4.78, 5) is 10.5. The zero-order chi connectivity index (χ0) is 17.9. The Kier molecular flexibility index (Phi) is 5.08. The molecule has 1 saturated carbocycles. The largest absolute Gasteiger partial charge is 0.489 e. The molecule has 0 atom stereocenters. The Hall–Kier alpha value is -2.35. The van der Waals surface area contributed by atoms with Gasteiger partial charge in [-0.1, -0.05) is 6.42 Å². The Balaban J connectivity index is 2.03. The van der Waals surface area contributed by atoms with Crippen LogP contribution in [0.3, 0.4) is 0 Å². The average molecular weight is 349 g/mol. The fourth-order valence-electron chi connectivity index (χ4n) is 3.49. The molecule has 0 amide bonds. The molecule has 0 radical (unpaired) electrons. The van der Waals surface area contributed by atoms with E-state index in [0.717, 1.165) is 32.1 Å². The number of aliphatic imine (C=N–C) groups is 2. The normalized spacial score (nSPS) is 19.5. The fraction of sp³-hybridized carbons (Fsp3) is 0.529. The first-order chi connectivity index (χ1) is 12.1. The quantitative estimate of drug-likeness (QED) is 0.792. The average Bonchev–Trinajstić information content (AvgIpc) is 2.57. The van der Waals surface area contributed by atoms with Gasteiger partial charge >= 0.3 is 0 Å². The molecule has 1 heterocycles. The van der Waals surface area contributed by atoms with Gasteiger partial charge in [0.05, 0.1) is 12.3 Å². The molecule has 7 nitrogen and oxygen atoms in total. The lowest BCUT2D eigenvalue weighted by molar-refractivity contribution is 0.146. The van der Waals surface area contributed by atoms with Gasteiger partial charge < -0.3 is 20.9 Å². The van der Waals surface area contributed by atoms with Crippen LogP contribution in [0.5, 0.6) is 5.75 Å². The maximum atomic E-state index is 14.0. The number of anilines is 1. The third-order valence-electron chi connectivity index (χ3n) is 4.56. The van der Waals surface area contributed by atoms with Crippen molar-refractivity contribution >= 4 is 17.6 Å². The number of hydrogen-bond acceptors (Lipinski definition) is 7. The predicted octanol–water partition coefficient (Wildman–Crippen LogP) is 1.96. The number of halogens is 1. The van der Waals surface area contributed by atoms with Crippen LogP contribution in [0.15, 0.2) is 28.2 Å². The molecule has 2 aliphatic rings. The van der Waals surface area contributed by atoms with Gasteiger partial charge in [-0.2, -0.15) is 4.99 Å². The Morgan fingerprint density at radius 1 is 1.20 bits per heavy atom. The number of methoxy groups -OCH3 is 1. The monoisotopic (exact) mass is 349 g/mol. The van der Waals surface area contributed by atoms with Crippen LogP contribution in [0.1, 0.15) is 32.1 Å². The van der Waals surface area contributed by atoms with Crippen LogP contribution in [-0.4, -0.2) is 37.9 Å². The maximum absolute atomic E-state index is 14.0. The number of ether oxygens (including phenoxy) is 2. The highest BCUT2D eigenvalue weighted by Crippen LogP contribution is 2.42. The second kappa shape index (κ2) is 7.26. The lowest BCUT2D eigenvalue weighted by atomic mass is 9.87. The minimum absolute atomic E-state index is 0.161. The number of nitrogens with two attached hydrogens (primary N) is 2. The fourth-order valence-corrected chi connectivity index (χ4v) is 3.49. The molecule has 1 spiro atoms. The van der Waals surface area contributed by atoms with Gasteiger partial charge in [-0.15, -0.1) is 0 Å². The molecule has 1 aromatic rings. The minimum atomic E-state index is -0.638. The molecule has 25 heavy (non-hydrogen) atoms. The molecule has 136 valence electrons. The van der Waals surface area contributed by atoms with Crippen molar-refractivity contribution in [1.82, 2.24) is 0 Å². The molecule has 1 fully saturated rings. The molecule has 0 saturated heterocycles. The first-order valence-corrected chi connectivity index (χ1v) is 8.47. The molecule has 4 N–H and O–H groups in total. The summed E-state index contributed by atoms with van der Waals surface area (Å²) in [5, 5.41) is 0. The Morgan fingerprint density at radius 2 is 1.96 bits per heavy atom. The van der Waals surface area contributed by atoms with E-state index in [1.807, 2.05) is 0 Å². The van der Waals surface area contributed by atoms with Crippen LogP contribution >= 0.6 is 0 Å². The van der Waals surface area contributed by atoms with E-state index in [1.165, 1.54) is 12.1 Å². The van der Waals surface area contributed by atoms with Gasteiger partial charge in [0, 0.05) is 13.2 Å². The highest BCUT2D eigenvalue weighted by Gasteiger charge is 2.43. The van der Waals surface area contributed by atoms with E-state index in [1.54, 1.807) is 18.1 Å². The molecule has 1 aliphatic carbocycles. The second-order valence-electron chi connectivity index (χ2n) is 6.27. The summed E-state index contributed by atoms with van der Waals surface area (Å²) in [5.41, 5.74) is 11.9. The maximum Gasteiger partial charge on any atom is 0.220 e. The van der Waals surface area contributed by atoms with Gasteiger partial charge in [0.15, 0.2) is 0 Å². The third-order valence-corrected chi connectivity index (χ3v) is 4.56. The van der Waals surface area contributed by atoms with Crippen LogP contribution < -0.4 is 21.1 Å². The van der Waals surface area contributed by atoms with Crippen molar-refractivity contribution in [2.24, 2.45) is 21.5 Å². The zero-order valence-electron chi connectivity index (χ0n) is 14.4. The summed E-state index contributed by atoms with van der Waals surface area (Å²) in [6.45, 7) is 0.773. The summed E-state index contributed by atoms with van der Waals surface area (Å²) >= 11 is 0. The van der Waals surface area contributed by atoms with E-state index >= 15 is 0 Å². The smallest absolute Gasteiger partial charge is 0.220 e. The van der Waals surface area contributed by atoms with Gasteiger partial charge in [-0.25, -0.2) is 9.38 Å². The van der Waals surface area contributed by atoms with Crippen molar-refractivity contribution in [2.75, 3.05) is 25.2 Å². The van der Waals surface area contributed by atoms with E-state index in [9.17, 15) is 4.39 Å². The van der Waals surface area contributed by atoms with Crippen molar-refractivity contribution in [1.29, 1.82) is 0 Å². The van der Waals surface area contributed by atoms with E-state index in [2.05, 4.69) is 9.98 Å². The van der Waals surface area contributed by atoms with Crippen LogP contribution in [0, 0.1) is 5.82 Å². The highest BCUT2D eigenvalue weighted by molar-refractivity contribution is 6.06. The molecule has 0 bridgehead atoms. The van der Waals surface area contributed by atoms with E-state index in [-0.39, 0.29) is 17.7 Å². The third kappa shape index (κ3) is 3.53. The first-order valence-electron chi connectivity index (χ1n) is 8.47. The molecular weight excluding hydrogens is 325 g/mol. The molecule has 3 rings (SSSR count). The van der Waals surface area contributed by atoms with Crippen molar-refractivity contribution in [2.45, 2.75) is 37.8 Å². The number of hydrogen-bond donors (Lipinski definition) is 2. The van der Waals surface area contributed by atoms with E-state index < -0.39 is 5.66 Å². The van der Waals surface area contributed by atoms with Gasteiger partial charge in [0.2, 0.25) is 11.9 Å². The van der Waals surface area contributed by atoms with Crippen molar-refractivity contribution < 1.29 is 13.9 Å². The van der Waals surface area contributed by atoms with E-state index in [0.29, 0.717) is 24.7 Å². The predicted molar refractivity (Wildman–Crippen MR) is 95.3 cm³/mol. The summed E-state index contributed by atoms with van der Waals surface area (Å²) in [6.07, 6.45) is 4.67. The first kappa shape index (κ1) is 17.5. The molecule has 1 aromatic carbocycles. The van der Waals surface area contributed by atoms with Gasteiger partial charge in [0.25, 0.3) is 0 Å². The summed E-state index contributed by atoms with van der Waals surface area (Å²) in [5.74, 6) is 0.498. The van der Waals surface area contributed by atoms with Crippen LogP contribution in [0.25, 0.3) is 0 Å². The number of nitrogens with zero attached hydrogens (tertiary/aromatic N) is 3. The topological polar surface area (TPSA) is 98.5 Å². The second-order valence-corrected chi connectivity index (χ2v) is 6.27. The summed E-state index contributed by atoms with van der Waals surface area (Å²) in [7, 11) is 1.60. The standard InChI is InChI=1S/C17H24FN5O2/c1-24-9-10-25-14-6-5-12(18)11-13(14)23-16(20)21-15(19)22-17(23)7-3-2-4-8-17/h5-6,11H,2-4,7-10H2,1H3,(H4,19,20,21,22). The molecule has 1 aliphatic heterocycles. The lowest BCUT2D eigenvalue weighted by Crippen LogP contribution is -2.58. The van der Waals surface area contributed by atoms with Crippen molar-refractivity contribution in [3.05, 3.63) is 24.0 Å². The van der Waals surface area contributed by atoms with Crippen LogP contribution in [0.2, 0.25) is 0 Å². The SMILES string of the molecule is COCCOc1ccc(F)cc1N1C(N)=NC(N)=NC12CCCCC2. The Morgan fingerprint density at radius 3 is 2.68 bits per heavy atom.